The number of nitrogens with one attached hydrogen (secondary N) is 1. The molecule has 1 N–H and O–H groups in total. The topological polar surface area (TPSA) is 49.3 Å². The van der Waals surface area contributed by atoms with E-state index in [1.165, 1.54) is 30.5 Å². The van der Waals surface area contributed by atoms with Gasteiger partial charge >= 0.3 is 0 Å². The molecule has 150 valence electrons. The lowest BCUT2D eigenvalue weighted by Gasteiger charge is -2.36. The van der Waals surface area contributed by atoms with Crippen molar-refractivity contribution in [1.82, 2.24) is 15.1 Å². The van der Waals surface area contributed by atoms with Crippen molar-refractivity contribution in [3.05, 3.63) is 35.4 Å². The Balaban J connectivity index is 1.56. The largest absolute Gasteiger partial charge is 0.383 e. The van der Waals surface area contributed by atoms with E-state index in [-0.39, 0.29) is 6.10 Å². The number of morpholine rings is 1. The maximum Gasteiger partial charge on any atom is 0.193 e. The summed E-state index contributed by atoms with van der Waals surface area (Å²) in [6, 6.07) is 9.05. The third-order valence-corrected chi connectivity index (χ3v) is 5.69. The van der Waals surface area contributed by atoms with Crippen LogP contribution in [0.1, 0.15) is 30.1 Å². The Morgan fingerprint density at radius 2 is 2.19 bits per heavy atom. The van der Waals surface area contributed by atoms with Crippen LogP contribution in [0.4, 0.5) is 0 Å². The van der Waals surface area contributed by atoms with E-state index < -0.39 is 0 Å². The van der Waals surface area contributed by atoms with Gasteiger partial charge < -0.3 is 19.7 Å². The van der Waals surface area contributed by atoms with Crippen LogP contribution in [0, 0.1) is 6.92 Å². The average molecular weight is 375 g/mol. The van der Waals surface area contributed by atoms with Crippen LogP contribution in [0.15, 0.2) is 29.3 Å². The summed E-state index contributed by atoms with van der Waals surface area (Å²) in [5, 5.41) is 3.61. The highest BCUT2D eigenvalue weighted by molar-refractivity contribution is 5.80. The molecule has 0 aliphatic carbocycles. The minimum atomic E-state index is 0.100. The highest BCUT2D eigenvalue weighted by Crippen LogP contribution is 2.25. The maximum atomic E-state index is 6.06. The number of aliphatic imine (C=N–C) groups is 1. The second-order valence-corrected chi connectivity index (χ2v) is 7.41. The second kappa shape index (κ2) is 10.1. The van der Waals surface area contributed by atoms with Gasteiger partial charge in [0.25, 0.3) is 0 Å². The molecule has 27 heavy (non-hydrogen) atoms. The van der Waals surface area contributed by atoms with Crippen molar-refractivity contribution in [2.75, 3.05) is 60.1 Å². The zero-order valence-corrected chi connectivity index (χ0v) is 17.0. The van der Waals surface area contributed by atoms with Gasteiger partial charge in [-0.2, -0.15) is 0 Å². The van der Waals surface area contributed by atoms with E-state index in [0.29, 0.717) is 6.04 Å². The van der Waals surface area contributed by atoms with Crippen LogP contribution in [0.5, 0.6) is 0 Å². The molecule has 6 heteroatoms. The summed E-state index contributed by atoms with van der Waals surface area (Å²) in [5.41, 5.74) is 2.56. The lowest BCUT2D eigenvalue weighted by molar-refractivity contribution is -0.00840. The number of benzene rings is 1. The van der Waals surface area contributed by atoms with E-state index in [1.54, 1.807) is 7.11 Å². The van der Waals surface area contributed by atoms with Crippen molar-refractivity contribution in [2.45, 2.75) is 31.9 Å². The predicted molar refractivity (Wildman–Crippen MR) is 109 cm³/mol. The number of nitrogens with zero attached hydrogens (tertiary/aromatic N) is 3. The van der Waals surface area contributed by atoms with Crippen LogP contribution in [0.2, 0.25) is 0 Å². The molecule has 2 heterocycles. The Kier molecular flexibility index (Phi) is 7.50. The molecule has 0 saturated carbocycles. The molecule has 1 aromatic rings. The van der Waals surface area contributed by atoms with Crippen LogP contribution < -0.4 is 5.32 Å². The molecule has 2 atom stereocenters. The molecule has 6 nitrogen and oxygen atoms in total. The Bertz CT molecular complexity index is 622. The highest BCUT2D eigenvalue weighted by Gasteiger charge is 2.27. The van der Waals surface area contributed by atoms with E-state index in [4.69, 9.17) is 9.47 Å². The van der Waals surface area contributed by atoms with Crippen LogP contribution in [0.25, 0.3) is 0 Å². The predicted octanol–water partition coefficient (Wildman–Crippen LogP) is 2.05. The van der Waals surface area contributed by atoms with E-state index in [1.807, 2.05) is 7.05 Å². The van der Waals surface area contributed by atoms with Crippen molar-refractivity contribution in [3.63, 3.8) is 0 Å². The van der Waals surface area contributed by atoms with Crippen LogP contribution in [-0.4, -0.2) is 81.9 Å². The summed E-state index contributed by atoms with van der Waals surface area (Å²) in [5.74, 6) is 0.982. The molecule has 1 aromatic carbocycles. The fourth-order valence-corrected chi connectivity index (χ4v) is 4.15. The molecule has 2 aliphatic rings. The van der Waals surface area contributed by atoms with Crippen LogP contribution in [-0.2, 0) is 9.47 Å². The molecule has 2 saturated heterocycles. The van der Waals surface area contributed by atoms with E-state index >= 15 is 0 Å². The number of hydrogen-bond acceptors (Lipinski definition) is 4. The molecule has 3 rings (SSSR count). The van der Waals surface area contributed by atoms with E-state index in [9.17, 15) is 0 Å². The normalized spacial score (nSPS) is 24.4. The molecular formula is C21H34N4O2. The summed E-state index contributed by atoms with van der Waals surface area (Å²) < 4.78 is 11.3. The Morgan fingerprint density at radius 3 is 2.96 bits per heavy atom. The Morgan fingerprint density at radius 1 is 1.33 bits per heavy atom. The number of aryl methyl sites for hydroxylation is 1. The molecule has 0 aromatic heterocycles. The molecule has 2 fully saturated rings. The van der Waals surface area contributed by atoms with Gasteiger partial charge in [0.1, 0.15) is 6.10 Å². The summed E-state index contributed by atoms with van der Waals surface area (Å²) in [6.07, 6.45) is 2.60. The molecule has 0 bridgehead atoms. The summed E-state index contributed by atoms with van der Waals surface area (Å²) in [7, 11) is 3.65. The van der Waals surface area contributed by atoms with Crippen molar-refractivity contribution < 1.29 is 9.47 Å². The van der Waals surface area contributed by atoms with Crippen molar-refractivity contribution in [1.29, 1.82) is 0 Å². The van der Waals surface area contributed by atoms with E-state index in [2.05, 4.69) is 51.3 Å². The lowest BCUT2D eigenvalue weighted by atomic mass is 10.0. The number of rotatable bonds is 6. The number of guanidine groups is 1. The lowest BCUT2D eigenvalue weighted by Crippen LogP contribution is -2.51. The SMILES string of the molecule is CN=C(NCC1CCCN1CCOC)N1CCOC(c2ccccc2C)C1. The standard InChI is InChI=1S/C21H34N4O2/c1-17-7-4-5-9-19(17)20-16-25(12-14-27-20)21(22-2)23-15-18-8-6-10-24(18)11-13-26-3/h4-5,7,9,18,20H,6,8,10-16H2,1-3H3,(H,22,23). The zero-order chi connectivity index (χ0) is 19.1. The van der Waals surface area contributed by atoms with Gasteiger partial charge in [-0.05, 0) is 37.4 Å². The van der Waals surface area contributed by atoms with Crippen LogP contribution in [0.3, 0.4) is 0 Å². The fourth-order valence-electron chi connectivity index (χ4n) is 4.15. The van der Waals surface area contributed by atoms with Crippen LogP contribution >= 0.6 is 0 Å². The summed E-state index contributed by atoms with van der Waals surface area (Å²) in [6.45, 7) is 8.50. The third kappa shape index (κ3) is 5.21. The second-order valence-electron chi connectivity index (χ2n) is 7.41. The van der Waals surface area contributed by atoms with Gasteiger partial charge in [0, 0.05) is 39.8 Å². The molecule has 2 aliphatic heterocycles. The van der Waals surface area contributed by atoms with Gasteiger partial charge in [-0.3, -0.25) is 9.89 Å². The van der Waals surface area contributed by atoms with Gasteiger partial charge in [-0.15, -0.1) is 0 Å². The number of hydrogen-bond donors (Lipinski definition) is 1. The first-order valence-electron chi connectivity index (χ1n) is 10.1. The summed E-state index contributed by atoms with van der Waals surface area (Å²) >= 11 is 0. The quantitative estimate of drug-likeness (QED) is 0.610. The van der Waals surface area contributed by atoms with Gasteiger partial charge in [-0.25, -0.2) is 0 Å². The molecule has 0 amide bonds. The molecular weight excluding hydrogens is 340 g/mol. The molecule has 0 spiro atoms. The van der Waals surface area contributed by atoms with Crippen molar-refractivity contribution in [3.8, 4) is 0 Å². The maximum absolute atomic E-state index is 6.06. The smallest absolute Gasteiger partial charge is 0.193 e. The fraction of sp³-hybridized carbons (Fsp3) is 0.667. The highest BCUT2D eigenvalue weighted by atomic mass is 16.5. The van der Waals surface area contributed by atoms with Gasteiger partial charge in [-0.1, -0.05) is 24.3 Å². The van der Waals surface area contributed by atoms with E-state index in [0.717, 1.165) is 45.4 Å². The third-order valence-electron chi connectivity index (χ3n) is 5.69. The first-order valence-corrected chi connectivity index (χ1v) is 10.1. The van der Waals surface area contributed by atoms with Crippen molar-refractivity contribution in [2.24, 2.45) is 4.99 Å². The number of likely N-dealkylation sites (tertiary alicyclic amines) is 1. The number of ether oxygens (including phenoxy) is 2. The molecule has 0 radical (unpaired) electrons. The number of methoxy groups -OCH3 is 1. The Labute approximate surface area is 163 Å². The first-order chi connectivity index (χ1) is 13.2. The average Bonchev–Trinajstić information content (AvgIpc) is 3.15. The van der Waals surface area contributed by atoms with Crippen molar-refractivity contribution >= 4 is 5.96 Å². The monoisotopic (exact) mass is 374 g/mol. The first kappa shape index (κ1) is 20.1. The minimum Gasteiger partial charge on any atom is -0.383 e. The van der Waals surface area contributed by atoms with Gasteiger partial charge in [0.2, 0.25) is 0 Å². The van der Waals surface area contributed by atoms with Gasteiger partial charge in [0.05, 0.1) is 19.8 Å². The molecule has 2 unspecified atom stereocenters. The Hall–Kier alpha value is -1.63. The summed E-state index contributed by atoms with van der Waals surface area (Å²) in [4.78, 5) is 9.40. The minimum absolute atomic E-state index is 0.100. The van der Waals surface area contributed by atoms with Gasteiger partial charge in [0.15, 0.2) is 5.96 Å². The zero-order valence-electron chi connectivity index (χ0n) is 17.0.